The molecule has 0 bridgehead atoms. The highest BCUT2D eigenvalue weighted by molar-refractivity contribution is 5.21. The summed E-state index contributed by atoms with van der Waals surface area (Å²) in [6.07, 6.45) is 0. The number of hydrogen-bond acceptors (Lipinski definition) is 2. The van der Waals surface area contributed by atoms with Crippen LogP contribution in [0.2, 0.25) is 0 Å². The summed E-state index contributed by atoms with van der Waals surface area (Å²) in [5, 5.41) is 19.8. The maximum absolute atomic E-state index is 9.88. The lowest BCUT2D eigenvalue weighted by Gasteiger charge is -2.35. The lowest BCUT2D eigenvalue weighted by atomic mass is 9.81. The molecule has 1 rings (SSSR count). The molecule has 0 spiro atoms. The van der Waals surface area contributed by atoms with Crippen LogP contribution in [0.15, 0.2) is 30.3 Å². The third-order valence-corrected chi connectivity index (χ3v) is 2.22. The molecule has 0 unspecified atom stereocenters. The van der Waals surface area contributed by atoms with Crippen molar-refractivity contribution in [2.75, 3.05) is 0 Å². The first-order valence-electron chi connectivity index (χ1n) is 4.36. The van der Waals surface area contributed by atoms with Crippen LogP contribution in [0.3, 0.4) is 0 Å². The minimum Gasteiger partial charge on any atom is -0.362 e. The molecule has 1 aromatic carbocycles. The van der Waals surface area contributed by atoms with Gasteiger partial charge in [0.1, 0.15) is 0 Å². The first-order chi connectivity index (χ1) is 5.86. The van der Waals surface area contributed by atoms with E-state index in [9.17, 15) is 10.2 Å². The number of rotatable bonds is 1. The molecule has 72 valence electrons. The minimum atomic E-state index is -1.77. The van der Waals surface area contributed by atoms with Gasteiger partial charge in [-0.15, -0.1) is 0 Å². The molecule has 2 heteroatoms. The first-order valence-corrected chi connectivity index (χ1v) is 4.36. The minimum absolute atomic E-state index is 0.530. The van der Waals surface area contributed by atoms with Gasteiger partial charge in [0.25, 0.3) is 0 Å². The van der Waals surface area contributed by atoms with E-state index in [2.05, 4.69) is 0 Å². The van der Waals surface area contributed by atoms with Crippen molar-refractivity contribution < 1.29 is 10.2 Å². The monoisotopic (exact) mass is 180 g/mol. The Morgan fingerprint density at radius 1 is 0.923 bits per heavy atom. The predicted octanol–water partition coefficient (Wildman–Crippen LogP) is 1.87. The summed E-state index contributed by atoms with van der Waals surface area (Å²) in [6, 6.07) is 8.86. The molecule has 0 saturated carbocycles. The fraction of sp³-hybridized carbons (Fsp3) is 0.455. The summed E-state index contributed by atoms with van der Waals surface area (Å²) < 4.78 is 0. The molecule has 0 aliphatic carbocycles. The molecule has 0 heterocycles. The van der Waals surface area contributed by atoms with Gasteiger partial charge in [0.2, 0.25) is 0 Å². The lowest BCUT2D eigenvalue weighted by molar-refractivity contribution is -0.237. The molecule has 0 aliphatic heterocycles. The normalized spacial score (nSPS) is 13.0. The van der Waals surface area contributed by atoms with Crippen LogP contribution in [0.1, 0.15) is 26.3 Å². The van der Waals surface area contributed by atoms with Crippen molar-refractivity contribution >= 4 is 0 Å². The molecule has 0 amide bonds. The van der Waals surface area contributed by atoms with Crippen LogP contribution in [0.25, 0.3) is 0 Å². The molecule has 13 heavy (non-hydrogen) atoms. The Hall–Kier alpha value is -0.860. The molecule has 0 fully saturated rings. The van der Waals surface area contributed by atoms with Crippen molar-refractivity contribution in [3.63, 3.8) is 0 Å². The lowest BCUT2D eigenvalue weighted by Crippen LogP contribution is -2.39. The molecule has 2 nitrogen and oxygen atoms in total. The molecule has 0 atom stereocenters. The van der Waals surface area contributed by atoms with Gasteiger partial charge in [-0.05, 0) is 0 Å². The van der Waals surface area contributed by atoms with Crippen LogP contribution < -0.4 is 0 Å². The van der Waals surface area contributed by atoms with Gasteiger partial charge in [-0.2, -0.15) is 0 Å². The van der Waals surface area contributed by atoms with E-state index in [1.165, 1.54) is 0 Å². The molecular formula is C11H16O2. The Morgan fingerprint density at radius 2 is 1.38 bits per heavy atom. The van der Waals surface area contributed by atoms with Crippen LogP contribution in [-0.4, -0.2) is 10.2 Å². The van der Waals surface area contributed by atoms with Crippen molar-refractivity contribution in [3.05, 3.63) is 35.9 Å². The molecule has 0 saturated heterocycles. The fourth-order valence-electron chi connectivity index (χ4n) is 1.10. The SMILES string of the molecule is CC(C)(C)C(O)(O)c1ccccc1. The summed E-state index contributed by atoms with van der Waals surface area (Å²) in [7, 11) is 0. The molecule has 2 N–H and O–H groups in total. The van der Waals surface area contributed by atoms with Gasteiger partial charge in [-0.1, -0.05) is 51.1 Å². The van der Waals surface area contributed by atoms with E-state index in [1.807, 2.05) is 6.07 Å². The van der Waals surface area contributed by atoms with Crippen LogP contribution in [0.5, 0.6) is 0 Å². The maximum Gasteiger partial charge on any atom is 0.194 e. The first kappa shape index (κ1) is 10.2. The highest BCUT2D eigenvalue weighted by Gasteiger charge is 2.39. The number of aliphatic hydroxyl groups is 2. The average Bonchev–Trinajstić information content (AvgIpc) is 2.04. The van der Waals surface area contributed by atoms with Gasteiger partial charge >= 0.3 is 0 Å². The van der Waals surface area contributed by atoms with Gasteiger partial charge in [0.05, 0.1) is 0 Å². The largest absolute Gasteiger partial charge is 0.362 e. The average molecular weight is 180 g/mol. The van der Waals surface area contributed by atoms with E-state index in [-0.39, 0.29) is 0 Å². The van der Waals surface area contributed by atoms with Crippen LogP contribution in [0, 0.1) is 5.41 Å². The second-order valence-corrected chi connectivity index (χ2v) is 4.29. The Morgan fingerprint density at radius 3 is 1.77 bits per heavy atom. The summed E-state index contributed by atoms with van der Waals surface area (Å²) in [5.74, 6) is -1.77. The Kier molecular flexibility index (Phi) is 2.46. The Labute approximate surface area is 78.8 Å². The van der Waals surface area contributed by atoms with E-state index in [1.54, 1.807) is 45.0 Å². The van der Waals surface area contributed by atoms with Crippen molar-refractivity contribution in [3.8, 4) is 0 Å². The molecule has 0 aromatic heterocycles. The third kappa shape index (κ3) is 1.90. The summed E-state index contributed by atoms with van der Waals surface area (Å²) >= 11 is 0. The standard InChI is InChI=1S/C11H16O2/c1-10(2,3)11(12,13)9-7-5-4-6-8-9/h4-8,12-13H,1-3H3. The zero-order valence-electron chi connectivity index (χ0n) is 8.28. The zero-order chi connectivity index (χ0) is 10.1. The van der Waals surface area contributed by atoms with Gasteiger partial charge in [0.15, 0.2) is 5.79 Å². The van der Waals surface area contributed by atoms with Gasteiger partial charge < -0.3 is 10.2 Å². The maximum atomic E-state index is 9.88. The summed E-state index contributed by atoms with van der Waals surface area (Å²) in [5.41, 5.74) is -0.0588. The van der Waals surface area contributed by atoms with Crippen LogP contribution in [-0.2, 0) is 5.79 Å². The Balaban J connectivity index is 3.08. The number of hydrogen-bond donors (Lipinski definition) is 2. The smallest absolute Gasteiger partial charge is 0.194 e. The summed E-state index contributed by atoms with van der Waals surface area (Å²) in [4.78, 5) is 0. The van der Waals surface area contributed by atoms with E-state index < -0.39 is 11.2 Å². The summed E-state index contributed by atoms with van der Waals surface area (Å²) in [6.45, 7) is 5.38. The van der Waals surface area contributed by atoms with Crippen LogP contribution >= 0.6 is 0 Å². The van der Waals surface area contributed by atoms with E-state index >= 15 is 0 Å². The van der Waals surface area contributed by atoms with Crippen molar-refractivity contribution in [2.24, 2.45) is 5.41 Å². The fourth-order valence-corrected chi connectivity index (χ4v) is 1.10. The number of benzene rings is 1. The van der Waals surface area contributed by atoms with Gasteiger partial charge in [0, 0.05) is 11.0 Å². The van der Waals surface area contributed by atoms with Crippen molar-refractivity contribution in [1.82, 2.24) is 0 Å². The second-order valence-electron chi connectivity index (χ2n) is 4.29. The Bertz CT molecular complexity index is 270. The highest BCUT2D eigenvalue weighted by Crippen LogP contribution is 2.36. The molecule has 1 aromatic rings. The van der Waals surface area contributed by atoms with Crippen molar-refractivity contribution in [2.45, 2.75) is 26.6 Å². The van der Waals surface area contributed by atoms with Crippen LogP contribution in [0.4, 0.5) is 0 Å². The topological polar surface area (TPSA) is 40.5 Å². The molecular weight excluding hydrogens is 164 g/mol. The zero-order valence-corrected chi connectivity index (χ0v) is 8.28. The molecule has 0 aliphatic rings. The second kappa shape index (κ2) is 3.13. The highest BCUT2D eigenvalue weighted by atomic mass is 16.5. The quantitative estimate of drug-likeness (QED) is 0.648. The van der Waals surface area contributed by atoms with E-state index in [0.29, 0.717) is 5.56 Å². The molecule has 0 radical (unpaired) electrons. The van der Waals surface area contributed by atoms with Crippen molar-refractivity contribution in [1.29, 1.82) is 0 Å². The van der Waals surface area contributed by atoms with Gasteiger partial charge in [-0.3, -0.25) is 0 Å². The van der Waals surface area contributed by atoms with E-state index in [4.69, 9.17) is 0 Å². The predicted molar refractivity (Wildman–Crippen MR) is 52.0 cm³/mol. The third-order valence-electron chi connectivity index (χ3n) is 2.22. The van der Waals surface area contributed by atoms with Gasteiger partial charge in [-0.25, -0.2) is 0 Å². The van der Waals surface area contributed by atoms with E-state index in [0.717, 1.165) is 0 Å².